The van der Waals surface area contributed by atoms with Crippen molar-refractivity contribution in [2.24, 2.45) is 5.92 Å². The van der Waals surface area contributed by atoms with Crippen molar-refractivity contribution in [2.75, 3.05) is 32.8 Å². The zero-order valence-electron chi connectivity index (χ0n) is 12.0. The zero-order valence-corrected chi connectivity index (χ0v) is 13.6. The van der Waals surface area contributed by atoms with Crippen molar-refractivity contribution in [3.05, 3.63) is 21.3 Å². The van der Waals surface area contributed by atoms with Crippen LogP contribution in [-0.4, -0.2) is 59.6 Å². The molecule has 1 N–H and O–H groups in total. The first-order valence-corrected chi connectivity index (χ1v) is 8.82. The lowest BCUT2D eigenvalue weighted by atomic mass is 10.1. The van der Waals surface area contributed by atoms with Gasteiger partial charge in [-0.3, -0.25) is 9.69 Å². The van der Waals surface area contributed by atoms with E-state index in [1.807, 2.05) is 10.3 Å². The lowest BCUT2D eigenvalue weighted by Crippen LogP contribution is -2.55. The average molecular weight is 329 g/mol. The number of thiophene rings is 1. The highest BCUT2D eigenvalue weighted by Gasteiger charge is 2.34. The number of carbonyl (C=O) groups is 1. The largest absolute Gasteiger partial charge is 0.396 e. The van der Waals surface area contributed by atoms with Gasteiger partial charge in [-0.25, -0.2) is 0 Å². The van der Waals surface area contributed by atoms with Gasteiger partial charge in [0.15, 0.2) is 0 Å². The number of hydrogen-bond donors (Lipinski definition) is 1. The standard InChI is InChI=1S/C15H21ClN2O2S/c16-13-4-8-21-14(13)15(20)18-6-5-17(9-11-1-2-11)12(10-18)3-7-19/h4,8,11-12,19H,1-3,5-7,9-10H2/t12-/m1/s1. The quantitative estimate of drug-likeness (QED) is 0.902. The second kappa shape index (κ2) is 6.65. The molecule has 0 radical (unpaired) electrons. The summed E-state index contributed by atoms with van der Waals surface area (Å²) in [6.07, 6.45) is 3.39. The normalized spacial score (nSPS) is 23.5. The molecule has 0 spiro atoms. The maximum absolute atomic E-state index is 12.5. The molecule has 1 aliphatic carbocycles. The van der Waals surface area contributed by atoms with Crippen molar-refractivity contribution in [1.29, 1.82) is 0 Å². The molecule has 116 valence electrons. The molecular weight excluding hydrogens is 308 g/mol. The Morgan fingerprint density at radius 3 is 2.86 bits per heavy atom. The topological polar surface area (TPSA) is 43.8 Å². The van der Waals surface area contributed by atoms with Gasteiger partial charge in [0.1, 0.15) is 4.88 Å². The molecule has 1 aromatic rings. The minimum absolute atomic E-state index is 0.0315. The molecule has 2 heterocycles. The monoisotopic (exact) mass is 328 g/mol. The van der Waals surface area contributed by atoms with Crippen LogP contribution in [0.15, 0.2) is 11.4 Å². The van der Waals surface area contributed by atoms with E-state index in [0.717, 1.165) is 32.0 Å². The number of amides is 1. The van der Waals surface area contributed by atoms with E-state index in [1.165, 1.54) is 24.2 Å². The first-order chi connectivity index (χ1) is 10.2. The van der Waals surface area contributed by atoms with E-state index in [-0.39, 0.29) is 18.6 Å². The molecule has 1 saturated carbocycles. The van der Waals surface area contributed by atoms with Crippen molar-refractivity contribution in [3.63, 3.8) is 0 Å². The summed E-state index contributed by atoms with van der Waals surface area (Å²) in [7, 11) is 0. The highest BCUT2D eigenvalue weighted by atomic mass is 35.5. The third-order valence-electron chi connectivity index (χ3n) is 4.36. The third kappa shape index (κ3) is 3.59. The van der Waals surface area contributed by atoms with Crippen LogP contribution >= 0.6 is 22.9 Å². The van der Waals surface area contributed by atoms with E-state index in [2.05, 4.69) is 4.90 Å². The first-order valence-electron chi connectivity index (χ1n) is 7.56. The van der Waals surface area contributed by atoms with Gasteiger partial charge in [-0.05, 0) is 36.6 Å². The Morgan fingerprint density at radius 1 is 1.43 bits per heavy atom. The van der Waals surface area contributed by atoms with E-state index in [1.54, 1.807) is 6.07 Å². The van der Waals surface area contributed by atoms with Gasteiger partial charge in [-0.2, -0.15) is 0 Å². The van der Waals surface area contributed by atoms with Crippen LogP contribution in [0.3, 0.4) is 0 Å². The van der Waals surface area contributed by atoms with Gasteiger partial charge in [0.25, 0.3) is 5.91 Å². The number of piperazine rings is 1. The molecule has 0 bridgehead atoms. The number of rotatable bonds is 5. The smallest absolute Gasteiger partial charge is 0.265 e. The molecule has 21 heavy (non-hydrogen) atoms. The molecule has 1 saturated heterocycles. The SMILES string of the molecule is O=C(c1sccc1Cl)N1CCN(CC2CC2)[C@H](CCO)C1. The van der Waals surface area contributed by atoms with Gasteiger partial charge in [0, 0.05) is 38.8 Å². The molecule has 1 aliphatic heterocycles. The molecular formula is C15H21ClN2O2S. The lowest BCUT2D eigenvalue weighted by molar-refractivity contribution is 0.0411. The van der Waals surface area contributed by atoms with Gasteiger partial charge < -0.3 is 10.0 Å². The molecule has 0 aromatic carbocycles. The molecule has 6 heteroatoms. The highest BCUT2D eigenvalue weighted by Crippen LogP contribution is 2.32. The fourth-order valence-electron chi connectivity index (χ4n) is 2.96. The van der Waals surface area contributed by atoms with Gasteiger partial charge >= 0.3 is 0 Å². The number of hydrogen-bond acceptors (Lipinski definition) is 4. The lowest BCUT2D eigenvalue weighted by Gasteiger charge is -2.41. The molecule has 2 fully saturated rings. The van der Waals surface area contributed by atoms with Gasteiger partial charge in [0.2, 0.25) is 0 Å². The summed E-state index contributed by atoms with van der Waals surface area (Å²) in [6.45, 7) is 3.64. The summed E-state index contributed by atoms with van der Waals surface area (Å²) in [4.78, 5) is 17.5. The van der Waals surface area contributed by atoms with Crippen LogP contribution in [0, 0.1) is 5.92 Å². The number of nitrogens with zero attached hydrogens (tertiary/aromatic N) is 2. The summed E-state index contributed by atoms with van der Waals surface area (Å²) in [5, 5.41) is 11.7. The summed E-state index contributed by atoms with van der Waals surface area (Å²) < 4.78 is 0. The average Bonchev–Trinajstić information content (AvgIpc) is 3.19. The van der Waals surface area contributed by atoms with Crippen LogP contribution in [0.5, 0.6) is 0 Å². The second-order valence-corrected chi connectivity index (χ2v) is 7.28. The van der Waals surface area contributed by atoms with Crippen molar-refractivity contribution < 1.29 is 9.90 Å². The Bertz CT molecular complexity index is 504. The summed E-state index contributed by atoms with van der Waals surface area (Å²) in [5.74, 6) is 0.865. The van der Waals surface area contributed by atoms with Crippen molar-refractivity contribution in [2.45, 2.75) is 25.3 Å². The Kier molecular flexibility index (Phi) is 4.84. The molecule has 2 aliphatic rings. The number of aliphatic hydroxyl groups excluding tert-OH is 1. The van der Waals surface area contributed by atoms with E-state index in [0.29, 0.717) is 16.4 Å². The fourth-order valence-corrected chi connectivity index (χ4v) is 4.07. The van der Waals surface area contributed by atoms with Crippen molar-refractivity contribution in [3.8, 4) is 0 Å². The second-order valence-electron chi connectivity index (χ2n) is 5.95. The van der Waals surface area contributed by atoms with E-state index in [9.17, 15) is 9.90 Å². The third-order valence-corrected chi connectivity index (χ3v) is 5.68. The summed E-state index contributed by atoms with van der Waals surface area (Å²) in [5.41, 5.74) is 0. The number of carbonyl (C=O) groups excluding carboxylic acids is 1. The molecule has 1 atom stereocenters. The molecule has 1 aromatic heterocycles. The maximum atomic E-state index is 12.5. The Morgan fingerprint density at radius 2 is 2.24 bits per heavy atom. The first kappa shape index (κ1) is 15.3. The highest BCUT2D eigenvalue weighted by molar-refractivity contribution is 7.12. The minimum Gasteiger partial charge on any atom is -0.396 e. The van der Waals surface area contributed by atoms with Gasteiger partial charge in [-0.15, -0.1) is 11.3 Å². The van der Waals surface area contributed by atoms with Crippen LogP contribution in [0.4, 0.5) is 0 Å². The van der Waals surface area contributed by atoms with Gasteiger partial charge in [0.05, 0.1) is 5.02 Å². The summed E-state index contributed by atoms with van der Waals surface area (Å²) >= 11 is 7.47. The molecule has 0 unspecified atom stereocenters. The molecule has 1 amide bonds. The summed E-state index contributed by atoms with van der Waals surface area (Å²) in [6, 6.07) is 2.04. The zero-order chi connectivity index (χ0) is 14.8. The number of aliphatic hydroxyl groups is 1. The predicted molar refractivity (Wildman–Crippen MR) is 85.0 cm³/mol. The minimum atomic E-state index is 0.0315. The van der Waals surface area contributed by atoms with Crippen LogP contribution in [-0.2, 0) is 0 Å². The molecule has 4 nitrogen and oxygen atoms in total. The van der Waals surface area contributed by atoms with Crippen LogP contribution < -0.4 is 0 Å². The predicted octanol–water partition coefficient (Wildman–Crippen LogP) is 2.32. The van der Waals surface area contributed by atoms with Gasteiger partial charge in [-0.1, -0.05) is 11.6 Å². The van der Waals surface area contributed by atoms with E-state index >= 15 is 0 Å². The van der Waals surface area contributed by atoms with Crippen LogP contribution in [0.2, 0.25) is 5.02 Å². The Balaban J connectivity index is 1.65. The fraction of sp³-hybridized carbons (Fsp3) is 0.667. The Labute approximate surface area is 134 Å². The van der Waals surface area contributed by atoms with Crippen molar-refractivity contribution >= 4 is 28.8 Å². The van der Waals surface area contributed by atoms with Crippen LogP contribution in [0.25, 0.3) is 0 Å². The molecule has 3 rings (SSSR count). The van der Waals surface area contributed by atoms with Crippen LogP contribution in [0.1, 0.15) is 28.9 Å². The number of halogens is 1. The Hall–Kier alpha value is -0.620. The van der Waals surface area contributed by atoms with E-state index in [4.69, 9.17) is 11.6 Å². The maximum Gasteiger partial charge on any atom is 0.265 e. The van der Waals surface area contributed by atoms with E-state index < -0.39 is 0 Å². The van der Waals surface area contributed by atoms with Crippen molar-refractivity contribution in [1.82, 2.24) is 9.80 Å².